The summed E-state index contributed by atoms with van der Waals surface area (Å²) in [5.74, 6) is 1.32. The summed E-state index contributed by atoms with van der Waals surface area (Å²) < 4.78 is 0. The molecular weight excluding hydrogens is 256 g/mol. The largest absolute Gasteiger partial charge is 0.384 e. The smallest absolute Gasteiger partial charge is 0.0423 e. The van der Waals surface area contributed by atoms with Crippen LogP contribution in [0.15, 0.2) is 6.07 Å². The molecule has 0 saturated heterocycles. The van der Waals surface area contributed by atoms with Gasteiger partial charge in [0.25, 0.3) is 0 Å². The Morgan fingerprint density at radius 3 is 1.48 bits per heavy atom. The Morgan fingerprint density at radius 2 is 1.19 bits per heavy atom. The summed E-state index contributed by atoms with van der Waals surface area (Å²) >= 11 is 0. The molecule has 0 amide bonds. The molecule has 0 atom stereocenters. The molecule has 0 aromatic heterocycles. The number of nitrogens with one attached hydrogen (secondary N) is 2. The molecule has 0 bridgehead atoms. The van der Waals surface area contributed by atoms with Crippen molar-refractivity contribution in [1.29, 1.82) is 0 Å². The van der Waals surface area contributed by atoms with E-state index in [0.717, 1.165) is 25.9 Å². The van der Waals surface area contributed by atoms with Crippen LogP contribution < -0.4 is 10.6 Å². The lowest BCUT2D eigenvalue weighted by Gasteiger charge is -2.23. The van der Waals surface area contributed by atoms with E-state index in [9.17, 15) is 0 Å². The number of aryl methyl sites for hydroxylation is 2. The molecule has 21 heavy (non-hydrogen) atoms. The van der Waals surface area contributed by atoms with Gasteiger partial charge in [0.15, 0.2) is 0 Å². The first kappa shape index (κ1) is 17.9. The molecule has 0 aliphatic carbocycles. The van der Waals surface area contributed by atoms with E-state index in [4.69, 9.17) is 0 Å². The van der Waals surface area contributed by atoms with Gasteiger partial charge in [-0.1, -0.05) is 47.6 Å². The molecule has 0 fully saturated rings. The molecule has 120 valence electrons. The molecule has 2 heteroatoms. The number of hydrogen-bond acceptors (Lipinski definition) is 2. The molecule has 0 aliphatic heterocycles. The molecule has 2 N–H and O–H groups in total. The first-order chi connectivity index (χ1) is 9.90. The van der Waals surface area contributed by atoms with Gasteiger partial charge in [-0.05, 0) is 48.3 Å². The fraction of sp³-hybridized carbons (Fsp3) is 0.684. The lowest BCUT2D eigenvalue weighted by atomic mass is 9.96. The van der Waals surface area contributed by atoms with Crippen LogP contribution >= 0.6 is 0 Å². The van der Waals surface area contributed by atoms with Crippen LogP contribution in [0.1, 0.15) is 58.2 Å². The van der Waals surface area contributed by atoms with Gasteiger partial charge in [-0.25, -0.2) is 0 Å². The fourth-order valence-electron chi connectivity index (χ4n) is 2.62. The van der Waals surface area contributed by atoms with Crippen LogP contribution in [0.2, 0.25) is 0 Å². The molecular formula is C19H34N2. The Kier molecular flexibility index (Phi) is 7.07. The van der Waals surface area contributed by atoms with Gasteiger partial charge in [0.05, 0.1) is 0 Å². The Bertz CT molecular complexity index is 409. The highest BCUT2D eigenvalue weighted by molar-refractivity contribution is 5.72. The van der Waals surface area contributed by atoms with E-state index in [1.54, 1.807) is 0 Å². The van der Waals surface area contributed by atoms with E-state index in [2.05, 4.69) is 65.2 Å². The van der Waals surface area contributed by atoms with Crippen LogP contribution in [0, 0.1) is 18.8 Å². The zero-order valence-corrected chi connectivity index (χ0v) is 15.1. The van der Waals surface area contributed by atoms with Crippen molar-refractivity contribution in [3.05, 3.63) is 22.8 Å². The average Bonchev–Trinajstić information content (AvgIpc) is 2.43. The van der Waals surface area contributed by atoms with Crippen LogP contribution in [0.25, 0.3) is 0 Å². The van der Waals surface area contributed by atoms with Gasteiger partial charge >= 0.3 is 0 Å². The topological polar surface area (TPSA) is 24.1 Å². The van der Waals surface area contributed by atoms with E-state index in [1.165, 1.54) is 28.1 Å². The van der Waals surface area contributed by atoms with E-state index >= 15 is 0 Å². The highest BCUT2D eigenvalue weighted by Gasteiger charge is 2.14. The van der Waals surface area contributed by atoms with Crippen molar-refractivity contribution in [3.63, 3.8) is 0 Å². The normalized spacial score (nSPS) is 11.3. The molecule has 0 spiro atoms. The van der Waals surface area contributed by atoms with Crippen LogP contribution in [-0.4, -0.2) is 13.1 Å². The van der Waals surface area contributed by atoms with E-state index in [-0.39, 0.29) is 0 Å². The Labute approximate surface area is 131 Å². The maximum atomic E-state index is 3.67. The molecule has 0 heterocycles. The lowest BCUT2D eigenvalue weighted by molar-refractivity contribution is 0.685. The summed E-state index contributed by atoms with van der Waals surface area (Å²) in [4.78, 5) is 0. The second kappa shape index (κ2) is 8.31. The van der Waals surface area contributed by atoms with Gasteiger partial charge in [-0.3, -0.25) is 0 Å². The quantitative estimate of drug-likeness (QED) is 0.682. The summed E-state index contributed by atoms with van der Waals surface area (Å²) in [7, 11) is 0. The molecule has 2 nitrogen and oxygen atoms in total. The molecule has 1 aromatic carbocycles. The molecule has 0 radical (unpaired) electrons. The monoisotopic (exact) mass is 290 g/mol. The fourth-order valence-corrected chi connectivity index (χ4v) is 2.62. The number of benzene rings is 1. The van der Waals surface area contributed by atoms with Crippen molar-refractivity contribution in [3.8, 4) is 0 Å². The minimum atomic E-state index is 0.659. The second-order valence-electron chi connectivity index (χ2n) is 6.83. The lowest BCUT2D eigenvalue weighted by Crippen LogP contribution is -2.15. The summed E-state index contributed by atoms with van der Waals surface area (Å²) in [5.41, 5.74) is 6.96. The van der Waals surface area contributed by atoms with Crippen molar-refractivity contribution in [1.82, 2.24) is 0 Å². The van der Waals surface area contributed by atoms with Gasteiger partial charge in [0.1, 0.15) is 0 Å². The molecule has 1 aromatic rings. The zero-order valence-electron chi connectivity index (χ0n) is 15.1. The van der Waals surface area contributed by atoms with Gasteiger partial charge in [0, 0.05) is 24.5 Å². The van der Waals surface area contributed by atoms with E-state index in [0.29, 0.717) is 11.8 Å². The first-order valence-corrected chi connectivity index (χ1v) is 8.53. The van der Waals surface area contributed by atoms with Gasteiger partial charge in [-0.15, -0.1) is 0 Å². The van der Waals surface area contributed by atoms with Gasteiger partial charge in [-0.2, -0.15) is 0 Å². The molecule has 0 saturated carbocycles. The predicted octanol–water partition coefficient (Wildman–Crippen LogP) is 5.26. The SMILES string of the molecule is CCc1cc(CC)c(NCC(C)C)c(C)c1NCC(C)C. The zero-order chi connectivity index (χ0) is 16.0. The van der Waals surface area contributed by atoms with Gasteiger partial charge < -0.3 is 10.6 Å². The molecule has 0 unspecified atom stereocenters. The second-order valence-corrected chi connectivity index (χ2v) is 6.83. The minimum absolute atomic E-state index is 0.659. The van der Waals surface area contributed by atoms with Crippen molar-refractivity contribution >= 4 is 11.4 Å². The van der Waals surface area contributed by atoms with E-state index < -0.39 is 0 Å². The number of rotatable bonds is 8. The number of hydrogen-bond donors (Lipinski definition) is 2. The summed E-state index contributed by atoms with van der Waals surface area (Å²) in [6.45, 7) is 17.8. The highest BCUT2D eigenvalue weighted by atomic mass is 14.9. The standard InChI is InChI=1S/C19H34N2/c1-8-16-10-17(9-2)19(21-12-14(5)6)15(7)18(16)20-11-13(3)4/h10,13-14,20-21H,8-9,11-12H2,1-7H3. The maximum absolute atomic E-state index is 3.67. The highest BCUT2D eigenvalue weighted by Crippen LogP contribution is 2.33. The minimum Gasteiger partial charge on any atom is -0.384 e. The van der Waals surface area contributed by atoms with Crippen LogP contribution in [0.3, 0.4) is 0 Å². The van der Waals surface area contributed by atoms with Gasteiger partial charge in [0.2, 0.25) is 0 Å². The van der Waals surface area contributed by atoms with Crippen molar-refractivity contribution in [2.45, 2.75) is 61.3 Å². The van der Waals surface area contributed by atoms with Crippen molar-refractivity contribution in [2.24, 2.45) is 11.8 Å². The Balaban J connectivity index is 3.18. The Hall–Kier alpha value is -1.18. The number of anilines is 2. The Morgan fingerprint density at radius 1 is 0.810 bits per heavy atom. The van der Waals surface area contributed by atoms with Crippen molar-refractivity contribution in [2.75, 3.05) is 23.7 Å². The van der Waals surface area contributed by atoms with E-state index in [1.807, 2.05) is 0 Å². The predicted molar refractivity (Wildman–Crippen MR) is 96.6 cm³/mol. The third-order valence-electron chi connectivity index (χ3n) is 3.88. The first-order valence-electron chi connectivity index (χ1n) is 8.53. The summed E-state index contributed by atoms with van der Waals surface area (Å²) in [6, 6.07) is 2.39. The third-order valence-corrected chi connectivity index (χ3v) is 3.88. The van der Waals surface area contributed by atoms with Crippen LogP contribution in [-0.2, 0) is 12.8 Å². The van der Waals surface area contributed by atoms with Crippen molar-refractivity contribution < 1.29 is 0 Å². The van der Waals surface area contributed by atoms with Crippen LogP contribution in [0.5, 0.6) is 0 Å². The van der Waals surface area contributed by atoms with Crippen LogP contribution in [0.4, 0.5) is 11.4 Å². The average molecular weight is 290 g/mol. The maximum Gasteiger partial charge on any atom is 0.0423 e. The third kappa shape index (κ3) is 4.94. The molecule has 1 rings (SSSR count). The summed E-state index contributed by atoms with van der Waals surface area (Å²) in [5, 5.41) is 7.34. The molecule has 0 aliphatic rings. The summed E-state index contributed by atoms with van der Waals surface area (Å²) in [6.07, 6.45) is 2.16.